The fourth-order valence-corrected chi connectivity index (χ4v) is 4.60. The molecule has 2 aromatic heterocycles. The molecule has 3 aliphatic heterocycles. The second kappa shape index (κ2) is 6.22. The monoisotopic (exact) mass is 346 g/mol. The minimum Gasteiger partial charge on any atom is -0.345 e. The molecule has 7 heteroatoms. The number of pyridine rings is 1. The zero-order valence-corrected chi connectivity index (χ0v) is 14.2. The maximum atomic E-state index is 12.9. The van der Waals surface area contributed by atoms with Crippen molar-refractivity contribution in [2.45, 2.75) is 31.8 Å². The standard InChI is InChI=1S/C17H19FN4OS/c1-10-15(11-4-6-22(10)7-5-11)21-16(23)17-20-9-13(24-17)12-2-3-14(18)19-8-12/h2-3,8-11,15H,4-7H2,1H3,(H,21,23). The molecule has 1 N–H and O–H groups in total. The van der Waals surface area contributed by atoms with Crippen molar-refractivity contribution < 1.29 is 9.18 Å². The van der Waals surface area contributed by atoms with Gasteiger partial charge in [-0.15, -0.1) is 11.3 Å². The van der Waals surface area contributed by atoms with E-state index in [9.17, 15) is 9.18 Å². The van der Waals surface area contributed by atoms with Gasteiger partial charge in [0.15, 0.2) is 5.01 Å². The molecule has 0 spiro atoms. The van der Waals surface area contributed by atoms with E-state index in [4.69, 9.17) is 0 Å². The van der Waals surface area contributed by atoms with Crippen LogP contribution >= 0.6 is 11.3 Å². The van der Waals surface area contributed by atoms with E-state index in [1.807, 2.05) is 0 Å². The molecule has 1 amide bonds. The molecule has 2 atom stereocenters. The summed E-state index contributed by atoms with van der Waals surface area (Å²) in [5.41, 5.74) is 0.768. The molecule has 126 valence electrons. The van der Waals surface area contributed by atoms with Crippen LogP contribution in [0.1, 0.15) is 29.6 Å². The van der Waals surface area contributed by atoms with Gasteiger partial charge in [-0.25, -0.2) is 9.97 Å². The van der Waals surface area contributed by atoms with Crippen LogP contribution < -0.4 is 5.32 Å². The minimum absolute atomic E-state index is 0.119. The Hall–Kier alpha value is -1.86. The van der Waals surface area contributed by atoms with E-state index in [1.165, 1.54) is 23.6 Å². The molecule has 3 fully saturated rings. The second-order valence-electron chi connectivity index (χ2n) is 6.51. The van der Waals surface area contributed by atoms with Crippen LogP contribution in [0.15, 0.2) is 24.5 Å². The highest BCUT2D eigenvalue weighted by atomic mass is 32.1. The summed E-state index contributed by atoms with van der Waals surface area (Å²) in [6.45, 7) is 4.46. The Labute approximate surface area is 143 Å². The van der Waals surface area contributed by atoms with Crippen molar-refractivity contribution in [3.8, 4) is 10.4 Å². The number of carbonyl (C=O) groups is 1. The van der Waals surface area contributed by atoms with Crippen LogP contribution in [0.3, 0.4) is 0 Å². The largest absolute Gasteiger partial charge is 0.345 e. The Balaban J connectivity index is 1.48. The van der Waals surface area contributed by atoms with E-state index in [1.54, 1.807) is 12.3 Å². The highest BCUT2D eigenvalue weighted by molar-refractivity contribution is 7.16. The van der Waals surface area contributed by atoms with Gasteiger partial charge in [-0.3, -0.25) is 9.69 Å². The summed E-state index contributed by atoms with van der Waals surface area (Å²) < 4.78 is 12.9. The van der Waals surface area contributed by atoms with Crippen molar-refractivity contribution in [2.75, 3.05) is 13.1 Å². The maximum absolute atomic E-state index is 12.9. The smallest absolute Gasteiger partial charge is 0.280 e. The number of fused-ring (bicyclic) bond motifs is 3. The lowest BCUT2D eigenvalue weighted by molar-refractivity contribution is 0.0217. The Morgan fingerprint density at radius 2 is 2.08 bits per heavy atom. The van der Waals surface area contributed by atoms with Crippen molar-refractivity contribution in [1.82, 2.24) is 20.2 Å². The Kier molecular flexibility index (Phi) is 4.05. The van der Waals surface area contributed by atoms with Crippen LogP contribution in [0.25, 0.3) is 10.4 Å². The van der Waals surface area contributed by atoms with Crippen molar-refractivity contribution in [3.63, 3.8) is 0 Å². The van der Waals surface area contributed by atoms with Gasteiger partial charge in [0.25, 0.3) is 5.91 Å². The third kappa shape index (κ3) is 2.82. The summed E-state index contributed by atoms with van der Waals surface area (Å²) in [7, 11) is 0. The average molecular weight is 346 g/mol. The predicted octanol–water partition coefficient (Wildman–Crippen LogP) is 2.56. The molecule has 3 aliphatic rings. The van der Waals surface area contributed by atoms with Crippen molar-refractivity contribution in [1.29, 1.82) is 0 Å². The highest BCUT2D eigenvalue weighted by Crippen LogP contribution is 2.32. The van der Waals surface area contributed by atoms with Crippen molar-refractivity contribution in [2.24, 2.45) is 5.92 Å². The quantitative estimate of drug-likeness (QED) is 0.868. The third-order valence-corrected chi connectivity index (χ3v) is 6.23. The molecule has 5 rings (SSSR count). The molecule has 0 radical (unpaired) electrons. The SMILES string of the molecule is CC1C(NC(=O)c2ncc(-c3ccc(F)nc3)s2)C2CCN1CC2. The van der Waals surface area contributed by atoms with E-state index in [2.05, 4.69) is 27.1 Å². The number of amides is 1. The number of thiazole rings is 1. The van der Waals surface area contributed by atoms with Crippen LogP contribution in [0, 0.1) is 11.9 Å². The van der Waals surface area contributed by atoms with E-state index in [0.29, 0.717) is 17.0 Å². The number of piperidine rings is 3. The van der Waals surface area contributed by atoms with Gasteiger partial charge in [-0.05, 0) is 50.9 Å². The number of rotatable bonds is 3. The number of halogens is 1. The first-order valence-electron chi connectivity index (χ1n) is 8.24. The fraction of sp³-hybridized carbons (Fsp3) is 0.471. The van der Waals surface area contributed by atoms with Crippen LogP contribution in [-0.4, -0.2) is 45.9 Å². The summed E-state index contributed by atoms with van der Waals surface area (Å²) in [5.74, 6) is -0.0702. The highest BCUT2D eigenvalue weighted by Gasteiger charge is 2.40. The van der Waals surface area contributed by atoms with E-state index >= 15 is 0 Å². The summed E-state index contributed by atoms with van der Waals surface area (Å²) >= 11 is 1.31. The number of nitrogens with one attached hydrogen (secondary N) is 1. The number of carbonyl (C=O) groups excluding carboxylic acids is 1. The number of nitrogens with zero attached hydrogens (tertiary/aromatic N) is 3. The lowest BCUT2D eigenvalue weighted by Gasteiger charge is -2.49. The van der Waals surface area contributed by atoms with Crippen LogP contribution in [0.5, 0.6) is 0 Å². The molecule has 5 heterocycles. The van der Waals surface area contributed by atoms with E-state index < -0.39 is 5.95 Å². The first kappa shape index (κ1) is 15.7. The van der Waals surface area contributed by atoms with E-state index in [0.717, 1.165) is 36.4 Å². The van der Waals surface area contributed by atoms with E-state index in [-0.39, 0.29) is 11.9 Å². The normalized spacial score (nSPS) is 28.8. The van der Waals surface area contributed by atoms with Gasteiger partial charge in [-0.2, -0.15) is 4.39 Å². The van der Waals surface area contributed by atoms with Gasteiger partial charge in [0, 0.05) is 30.0 Å². The van der Waals surface area contributed by atoms with Gasteiger partial charge < -0.3 is 5.32 Å². The Morgan fingerprint density at radius 3 is 2.75 bits per heavy atom. The molecule has 0 aromatic carbocycles. The van der Waals surface area contributed by atoms with Gasteiger partial charge in [0.1, 0.15) is 0 Å². The molecular weight excluding hydrogens is 327 g/mol. The van der Waals surface area contributed by atoms with Crippen LogP contribution in [-0.2, 0) is 0 Å². The molecular formula is C17H19FN4OS. The maximum Gasteiger partial charge on any atom is 0.280 e. The van der Waals surface area contributed by atoms with Gasteiger partial charge >= 0.3 is 0 Å². The zero-order valence-electron chi connectivity index (χ0n) is 13.4. The first-order valence-corrected chi connectivity index (χ1v) is 9.06. The zero-order chi connectivity index (χ0) is 16.7. The molecule has 3 saturated heterocycles. The van der Waals surface area contributed by atoms with Gasteiger partial charge in [0.05, 0.1) is 4.88 Å². The lowest BCUT2D eigenvalue weighted by atomic mass is 9.79. The van der Waals surface area contributed by atoms with Crippen molar-refractivity contribution in [3.05, 3.63) is 35.5 Å². The summed E-state index contributed by atoms with van der Waals surface area (Å²) in [6.07, 6.45) is 5.41. The average Bonchev–Trinajstić information content (AvgIpc) is 3.09. The Bertz CT molecular complexity index is 737. The molecule has 2 aromatic rings. The lowest BCUT2D eigenvalue weighted by Crippen LogP contribution is -2.62. The molecule has 0 aliphatic carbocycles. The van der Waals surface area contributed by atoms with Crippen molar-refractivity contribution >= 4 is 17.2 Å². The summed E-state index contributed by atoms with van der Waals surface area (Å²) in [6, 6.07) is 3.53. The van der Waals surface area contributed by atoms with Crippen LogP contribution in [0.4, 0.5) is 4.39 Å². The molecule has 2 bridgehead atoms. The van der Waals surface area contributed by atoms with Gasteiger partial charge in [0.2, 0.25) is 5.95 Å². The first-order chi connectivity index (χ1) is 11.6. The summed E-state index contributed by atoms with van der Waals surface area (Å²) in [4.78, 5) is 23.7. The molecule has 5 nitrogen and oxygen atoms in total. The number of hydrogen-bond donors (Lipinski definition) is 1. The molecule has 2 unspecified atom stereocenters. The number of hydrogen-bond acceptors (Lipinski definition) is 5. The molecule has 24 heavy (non-hydrogen) atoms. The second-order valence-corrected chi connectivity index (χ2v) is 7.54. The third-order valence-electron chi connectivity index (χ3n) is 5.19. The van der Waals surface area contributed by atoms with Gasteiger partial charge in [-0.1, -0.05) is 0 Å². The molecule has 0 saturated carbocycles. The topological polar surface area (TPSA) is 58.1 Å². The summed E-state index contributed by atoms with van der Waals surface area (Å²) in [5, 5.41) is 3.62. The Morgan fingerprint density at radius 1 is 1.29 bits per heavy atom. The fourth-order valence-electron chi connectivity index (χ4n) is 3.79. The van der Waals surface area contributed by atoms with Crippen LogP contribution in [0.2, 0.25) is 0 Å². The minimum atomic E-state index is -0.516. The number of aromatic nitrogens is 2. The predicted molar refractivity (Wildman–Crippen MR) is 90.3 cm³/mol.